The Hall–Kier alpha value is -6.27. The van der Waals surface area contributed by atoms with Gasteiger partial charge in [0, 0.05) is 28.3 Å². The summed E-state index contributed by atoms with van der Waals surface area (Å²) in [5.41, 5.74) is 3.43. The zero-order chi connectivity index (χ0) is 38.4. The molecule has 14 heteroatoms. The first-order valence-corrected chi connectivity index (χ1v) is 19.4. The second-order valence-electron chi connectivity index (χ2n) is 11.9. The van der Waals surface area contributed by atoms with Crippen molar-refractivity contribution in [3.05, 3.63) is 182 Å². The lowest BCUT2D eigenvalue weighted by atomic mass is 10.1. The highest BCUT2D eigenvalue weighted by molar-refractivity contribution is 7.86. The van der Waals surface area contributed by atoms with Crippen LogP contribution < -0.4 is 10.0 Å². The largest absolute Gasteiger partial charge is 0.741 e. The van der Waals surface area contributed by atoms with Crippen LogP contribution in [0, 0.1) is 0 Å². The first kappa shape index (κ1) is 37.1. The van der Waals surface area contributed by atoms with E-state index in [0.29, 0.717) is 0 Å². The van der Waals surface area contributed by atoms with Gasteiger partial charge in [-0.25, -0.2) is 17.3 Å². The number of halogens is 3. The lowest BCUT2D eigenvalue weighted by Crippen LogP contribution is -2.47. The van der Waals surface area contributed by atoms with E-state index < -0.39 is 23.8 Å². The fraction of sp³-hybridized carbons (Fsp3) is 0.0244. The predicted octanol–water partition coefficient (Wildman–Crippen LogP) is 8.50. The Morgan fingerprint density at radius 2 is 0.964 bits per heavy atom. The number of hydrogen-bond donors (Lipinski definition) is 0. The van der Waals surface area contributed by atoms with Crippen LogP contribution in [0.5, 0.6) is 0 Å². The summed E-state index contributed by atoms with van der Waals surface area (Å²) in [6, 6.07) is 58.3. The van der Waals surface area contributed by atoms with Gasteiger partial charge in [-0.15, -0.1) is 0 Å². The Labute approximate surface area is 316 Å². The second kappa shape index (κ2) is 16.0. The van der Waals surface area contributed by atoms with Crippen LogP contribution in [0.25, 0.3) is 50.8 Å². The molecule has 0 radical (unpaired) electrons. The van der Waals surface area contributed by atoms with E-state index in [9.17, 15) is 13.2 Å². The van der Waals surface area contributed by atoms with Crippen LogP contribution in [-0.4, -0.2) is 42.6 Å². The molecule has 4 aromatic heterocycles. The van der Waals surface area contributed by atoms with Gasteiger partial charge in [0.25, 0.3) is 0 Å². The molecule has 0 aliphatic carbocycles. The number of hydrogen-bond acceptors (Lipinski definition) is 6. The third-order valence-corrected chi connectivity index (χ3v) is 10.9. The fourth-order valence-electron chi connectivity index (χ4n) is 5.71. The SMILES string of the molecule is O=S(=O)([O-])C(F)(F)F.c1ccc(-c2cc(-c3ccccc3)n(P(c3cccc[n+]3-c3ccccn3)n3nc(-c4ccccc4)cc3-c3ccccc3)n2)cc1. The van der Waals surface area contributed by atoms with E-state index in [2.05, 4.69) is 141 Å². The van der Waals surface area contributed by atoms with Crippen molar-refractivity contribution in [2.45, 2.75) is 5.51 Å². The van der Waals surface area contributed by atoms with Crippen molar-refractivity contribution >= 4 is 23.8 Å². The van der Waals surface area contributed by atoms with Gasteiger partial charge >= 0.3 is 11.3 Å². The molecular weight excluding hydrogens is 745 g/mol. The zero-order valence-electron chi connectivity index (χ0n) is 28.7. The quantitative estimate of drug-likeness (QED) is 0.0663. The van der Waals surface area contributed by atoms with Crippen LogP contribution in [0.1, 0.15) is 0 Å². The number of pyridine rings is 2. The summed E-state index contributed by atoms with van der Waals surface area (Å²) >= 11 is 0. The molecule has 8 rings (SSSR count). The van der Waals surface area contributed by atoms with Crippen molar-refractivity contribution in [1.29, 1.82) is 0 Å². The molecule has 0 aliphatic heterocycles. The van der Waals surface area contributed by atoms with Gasteiger partial charge < -0.3 is 4.55 Å². The first-order valence-electron chi connectivity index (χ1n) is 16.8. The summed E-state index contributed by atoms with van der Waals surface area (Å²) in [6.07, 6.45) is 3.90. The standard InChI is InChI=1S/C40H30N6P.CHF3O3S/c1-5-17-31(18-6-1)35-29-37(33-21-9-3-10-22-33)45(42-35)47(40-26-14-16-28-44(40)39-25-13-15-27-41-39)46-38(34-23-11-4-12-24-34)30-36(43-46)32-19-7-2-8-20-32;2-1(3,4)8(5,6)7/h1-30H;(H,5,6,7)/q+1;/p-1. The molecule has 0 unspecified atom stereocenters. The fourth-order valence-corrected chi connectivity index (χ4v) is 7.96. The van der Waals surface area contributed by atoms with Crippen LogP contribution in [0.15, 0.2) is 182 Å². The highest BCUT2D eigenvalue weighted by Crippen LogP contribution is 2.46. The average molecular weight is 775 g/mol. The summed E-state index contributed by atoms with van der Waals surface area (Å²) in [5, 5.41) is 10.8. The highest BCUT2D eigenvalue weighted by atomic mass is 32.2. The van der Waals surface area contributed by atoms with Crippen molar-refractivity contribution in [2.75, 3.05) is 0 Å². The Morgan fingerprint density at radius 1 is 0.564 bits per heavy atom. The van der Waals surface area contributed by atoms with Gasteiger partial charge in [0.2, 0.25) is 8.22 Å². The van der Waals surface area contributed by atoms with Gasteiger partial charge in [0.1, 0.15) is 6.20 Å². The number of rotatable bonds is 8. The molecule has 0 saturated carbocycles. The first-order chi connectivity index (χ1) is 26.6. The maximum Gasteiger partial charge on any atom is 0.485 e. The Bertz CT molecular complexity index is 2490. The Kier molecular flexibility index (Phi) is 10.8. The molecular formula is C41H30F3N6O3PS. The van der Waals surface area contributed by atoms with E-state index >= 15 is 0 Å². The molecule has 4 aromatic carbocycles. The number of alkyl halides is 3. The summed E-state index contributed by atoms with van der Waals surface area (Å²) in [5.74, 6) is 0.823. The van der Waals surface area contributed by atoms with Crippen molar-refractivity contribution < 1.29 is 30.7 Å². The molecule has 0 fully saturated rings. The zero-order valence-corrected chi connectivity index (χ0v) is 30.4. The lowest BCUT2D eigenvalue weighted by Gasteiger charge is -2.22. The topological polar surface area (TPSA) is 110 Å². The van der Waals surface area contributed by atoms with Crippen LogP contribution in [0.4, 0.5) is 13.2 Å². The molecule has 0 bridgehead atoms. The number of nitrogens with zero attached hydrogens (tertiary/aromatic N) is 6. The molecule has 0 atom stereocenters. The monoisotopic (exact) mass is 774 g/mol. The van der Waals surface area contributed by atoms with Crippen molar-refractivity contribution in [3.8, 4) is 50.8 Å². The summed E-state index contributed by atoms with van der Waals surface area (Å²) in [7, 11) is -7.57. The Morgan fingerprint density at radius 3 is 1.36 bits per heavy atom. The van der Waals surface area contributed by atoms with Crippen molar-refractivity contribution in [1.82, 2.24) is 24.1 Å². The molecule has 0 N–H and O–H groups in total. The molecule has 274 valence electrons. The second-order valence-corrected chi connectivity index (χ2v) is 15.0. The van der Waals surface area contributed by atoms with Gasteiger partial charge in [0.15, 0.2) is 15.6 Å². The third kappa shape index (κ3) is 8.29. The minimum atomic E-state index is -6.09. The van der Waals surface area contributed by atoms with Crippen LogP contribution >= 0.6 is 8.22 Å². The van der Waals surface area contributed by atoms with Gasteiger partial charge in [-0.2, -0.15) is 27.9 Å². The summed E-state index contributed by atoms with van der Waals surface area (Å²) in [4.78, 5) is 4.76. The third-order valence-electron chi connectivity index (χ3n) is 8.24. The van der Waals surface area contributed by atoms with E-state index in [0.717, 1.165) is 56.3 Å². The lowest BCUT2D eigenvalue weighted by molar-refractivity contribution is -0.580. The van der Waals surface area contributed by atoms with Crippen LogP contribution in [-0.2, 0) is 10.1 Å². The Balaban J connectivity index is 0.000000526. The minimum absolute atomic E-state index is 0.823. The van der Waals surface area contributed by atoms with Gasteiger partial charge in [0.05, 0.1) is 29.0 Å². The highest BCUT2D eigenvalue weighted by Gasteiger charge is 2.37. The van der Waals surface area contributed by atoms with Crippen LogP contribution in [0.2, 0.25) is 0 Å². The smallest absolute Gasteiger partial charge is 0.485 e. The molecule has 0 amide bonds. The molecule has 55 heavy (non-hydrogen) atoms. The molecule has 0 spiro atoms. The molecule has 4 heterocycles. The maximum atomic E-state index is 10.7. The molecule has 8 aromatic rings. The van der Waals surface area contributed by atoms with Crippen molar-refractivity contribution in [3.63, 3.8) is 0 Å². The average Bonchev–Trinajstić information content (AvgIpc) is 3.86. The van der Waals surface area contributed by atoms with E-state index in [1.54, 1.807) is 0 Å². The van der Waals surface area contributed by atoms with Crippen molar-refractivity contribution in [2.24, 2.45) is 0 Å². The van der Waals surface area contributed by atoms with Gasteiger partial charge in [-0.05, 0) is 35.3 Å². The maximum absolute atomic E-state index is 10.7. The van der Waals surface area contributed by atoms with E-state index in [4.69, 9.17) is 28.2 Å². The normalized spacial score (nSPS) is 11.6. The summed E-state index contributed by atoms with van der Waals surface area (Å²) < 4.78 is 65.4. The molecule has 9 nitrogen and oxygen atoms in total. The predicted molar refractivity (Wildman–Crippen MR) is 205 cm³/mol. The minimum Gasteiger partial charge on any atom is -0.741 e. The van der Waals surface area contributed by atoms with E-state index in [1.165, 1.54) is 0 Å². The molecule has 0 aliphatic rings. The van der Waals surface area contributed by atoms with Gasteiger partial charge in [-0.1, -0.05) is 133 Å². The van der Waals surface area contributed by atoms with Gasteiger partial charge in [-0.3, -0.25) is 0 Å². The summed E-state index contributed by atoms with van der Waals surface area (Å²) in [6.45, 7) is 0. The molecule has 0 saturated heterocycles. The van der Waals surface area contributed by atoms with E-state index in [-0.39, 0.29) is 0 Å². The van der Waals surface area contributed by atoms with Crippen LogP contribution in [0.3, 0.4) is 0 Å². The number of benzene rings is 4. The van der Waals surface area contributed by atoms with E-state index in [1.807, 2.05) is 54.7 Å². The number of aromatic nitrogens is 6.